The predicted molar refractivity (Wildman–Crippen MR) is 110 cm³/mol. The number of benzene rings is 1. The van der Waals surface area contributed by atoms with Crippen LogP contribution in [0.1, 0.15) is 58.4 Å². The van der Waals surface area contributed by atoms with Gasteiger partial charge in [-0.25, -0.2) is 10.3 Å². The Morgan fingerprint density at radius 3 is 2.39 bits per heavy atom. The minimum Gasteiger partial charge on any atom is -0.444 e. The summed E-state index contributed by atoms with van der Waals surface area (Å²) in [7, 11) is 0. The summed E-state index contributed by atoms with van der Waals surface area (Å²) in [4.78, 5) is 29.8. The maximum atomic E-state index is 12.5. The summed E-state index contributed by atoms with van der Waals surface area (Å²) in [6.07, 6.45) is 4.35. The van der Waals surface area contributed by atoms with E-state index < -0.39 is 17.7 Å². The molecular formula is C21H35N3O4. The SMILES string of the molecule is CC(C)(C)OC(=O)N[C@H](CCc1ccccc1)C(=O)NOCCCCCCN. The van der Waals surface area contributed by atoms with Crippen molar-refractivity contribution in [3.05, 3.63) is 35.9 Å². The quantitative estimate of drug-likeness (QED) is 0.374. The first-order valence-corrected chi connectivity index (χ1v) is 9.97. The van der Waals surface area contributed by atoms with Crippen molar-refractivity contribution < 1.29 is 19.2 Å². The Bertz CT molecular complexity index is 573. The Morgan fingerprint density at radius 2 is 1.75 bits per heavy atom. The van der Waals surface area contributed by atoms with E-state index in [1.54, 1.807) is 20.8 Å². The van der Waals surface area contributed by atoms with Crippen LogP contribution < -0.4 is 16.5 Å². The van der Waals surface area contributed by atoms with Gasteiger partial charge < -0.3 is 15.8 Å². The Labute approximate surface area is 168 Å². The molecule has 0 radical (unpaired) electrons. The molecule has 0 aliphatic carbocycles. The molecule has 2 amide bonds. The van der Waals surface area contributed by atoms with Crippen molar-refractivity contribution in [3.8, 4) is 0 Å². The van der Waals surface area contributed by atoms with Crippen LogP contribution in [0.2, 0.25) is 0 Å². The summed E-state index contributed by atoms with van der Waals surface area (Å²) in [5.74, 6) is -0.385. The van der Waals surface area contributed by atoms with Gasteiger partial charge in [0.05, 0.1) is 6.61 Å². The Balaban J connectivity index is 2.50. The number of rotatable bonds is 12. The molecule has 7 nitrogen and oxygen atoms in total. The summed E-state index contributed by atoms with van der Waals surface area (Å²) >= 11 is 0. The molecule has 4 N–H and O–H groups in total. The van der Waals surface area contributed by atoms with E-state index in [4.69, 9.17) is 15.3 Å². The standard InChI is InChI=1S/C21H35N3O4/c1-21(2,3)28-20(26)23-18(14-13-17-11-7-6-8-12-17)19(25)24-27-16-10-5-4-9-15-22/h6-8,11-12,18H,4-5,9-10,13-16,22H2,1-3H3,(H,23,26)(H,24,25)/t18-/m1/s1. The molecule has 0 aromatic heterocycles. The molecule has 0 aliphatic rings. The van der Waals surface area contributed by atoms with Crippen molar-refractivity contribution in [1.29, 1.82) is 0 Å². The maximum absolute atomic E-state index is 12.5. The number of hydrogen-bond donors (Lipinski definition) is 3. The number of ether oxygens (including phenoxy) is 1. The summed E-state index contributed by atoms with van der Waals surface area (Å²) in [6, 6.07) is 9.06. The molecule has 1 rings (SSSR count). The molecule has 0 heterocycles. The first-order valence-electron chi connectivity index (χ1n) is 9.97. The number of unbranched alkanes of at least 4 members (excludes halogenated alkanes) is 3. The lowest BCUT2D eigenvalue weighted by molar-refractivity contribution is -0.136. The zero-order chi connectivity index (χ0) is 20.8. The van der Waals surface area contributed by atoms with Crippen LogP contribution in [0, 0.1) is 0 Å². The van der Waals surface area contributed by atoms with Gasteiger partial charge in [-0.1, -0.05) is 43.2 Å². The van der Waals surface area contributed by atoms with Gasteiger partial charge in [0, 0.05) is 0 Å². The van der Waals surface area contributed by atoms with Gasteiger partial charge in [-0.3, -0.25) is 9.63 Å². The maximum Gasteiger partial charge on any atom is 0.408 e. The lowest BCUT2D eigenvalue weighted by Gasteiger charge is -2.23. The number of alkyl carbamates (subject to hydrolysis) is 1. The van der Waals surface area contributed by atoms with Gasteiger partial charge >= 0.3 is 6.09 Å². The summed E-state index contributed by atoms with van der Waals surface area (Å²) in [6.45, 7) is 6.45. The van der Waals surface area contributed by atoms with Crippen LogP contribution in [0.15, 0.2) is 30.3 Å². The lowest BCUT2D eigenvalue weighted by Crippen LogP contribution is -2.48. The van der Waals surface area contributed by atoms with Crippen molar-refractivity contribution in [2.24, 2.45) is 5.73 Å². The third kappa shape index (κ3) is 11.6. The molecule has 0 spiro atoms. The van der Waals surface area contributed by atoms with E-state index in [1.807, 2.05) is 30.3 Å². The molecule has 1 aromatic rings. The van der Waals surface area contributed by atoms with Crippen molar-refractivity contribution >= 4 is 12.0 Å². The number of aryl methyl sites for hydroxylation is 1. The average Bonchev–Trinajstić information content (AvgIpc) is 2.63. The lowest BCUT2D eigenvalue weighted by atomic mass is 10.1. The average molecular weight is 394 g/mol. The zero-order valence-electron chi connectivity index (χ0n) is 17.3. The largest absolute Gasteiger partial charge is 0.444 e. The molecule has 0 saturated heterocycles. The minimum atomic E-state index is -0.743. The molecule has 0 bridgehead atoms. The third-order valence-electron chi connectivity index (χ3n) is 3.95. The molecule has 1 atom stereocenters. The van der Waals surface area contributed by atoms with Crippen LogP contribution in [-0.4, -0.2) is 36.8 Å². The smallest absolute Gasteiger partial charge is 0.408 e. The van der Waals surface area contributed by atoms with Gasteiger partial charge in [0.25, 0.3) is 5.91 Å². The van der Waals surface area contributed by atoms with Crippen LogP contribution in [0.5, 0.6) is 0 Å². The second kappa shape index (κ2) is 13.1. The van der Waals surface area contributed by atoms with Crippen molar-refractivity contribution in [3.63, 3.8) is 0 Å². The van der Waals surface area contributed by atoms with Crippen molar-refractivity contribution in [2.45, 2.75) is 70.9 Å². The number of carbonyl (C=O) groups excluding carboxylic acids is 2. The topological polar surface area (TPSA) is 103 Å². The highest BCUT2D eigenvalue weighted by Crippen LogP contribution is 2.09. The van der Waals surface area contributed by atoms with Gasteiger partial charge in [-0.05, 0) is 58.6 Å². The van der Waals surface area contributed by atoms with Crippen LogP contribution in [0.4, 0.5) is 4.79 Å². The Kier molecular flexibility index (Phi) is 11.2. The zero-order valence-corrected chi connectivity index (χ0v) is 17.3. The second-order valence-corrected chi connectivity index (χ2v) is 7.74. The van der Waals surface area contributed by atoms with Crippen LogP contribution in [0.3, 0.4) is 0 Å². The molecular weight excluding hydrogens is 358 g/mol. The predicted octanol–water partition coefficient (Wildman–Crippen LogP) is 3.08. The van der Waals surface area contributed by atoms with Crippen LogP contribution in [0.25, 0.3) is 0 Å². The van der Waals surface area contributed by atoms with E-state index in [-0.39, 0.29) is 5.91 Å². The highest BCUT2D eigenvalue weighted by molar-refractivity contribution is 5.84. The fraction of sp³-hybridized carbons (Fsp3) is 0.619. The van der Waals surface area contributed by atoms with Gasteiger partial charge in [0.1, 0.15) is 11.6 Å². The minimum absolute atomic E-state index is 0.385. The molecule has 1 aromatic carbocycles. The normalized spacial score (nSPS) is 12.3. The van der Waals surface area contributed by atoms with E-state index in [0.29, 0.717) is 26.0 Å². The van der Waals surface area contributed by atoms with Crippen molar-refractivity contribution in [1.82, 2.24) is 10.8 Å². The molecule has 0 saturated carbocycles. The number of nitrogens with one attached hydrogen (secondary N) is 2. The summed E-state index contributed by atoms with van der Waals surface area (Å²) in [5.41, 5.74) is 8.36. The molecule has 0 fully saturated rings. The van der Waals surface area contributed by atoms with Crippen LogP contribution in [-0.2, 0) is 20.8 Å². The molecule has 0 unspecified atom stereocenters. The molecule has 0 aliphatic heterocycles. The fourth-order valence-corrected chi connectivity index (χ4v) is 2.54. The van der Waals surface area contributed by atoms with E-state index in [2.05, 4.69) is 10.8 Å². The summed E-state index contributed by atoms with van der Waals surface area (Å²) in [5, 5.41) is 2.65. The monoisotopic (exact) mass is 393 g/mol. The first-order chi connectivity index (χ1) is 13.3. The molecule has 28 heavy (non-hydrogen) atoms. The number of amides is 2. The summed E-state index contributed by atoms with van der Waals surface area (Å²) < 4.78 is 5.27. The van der Waals surface area contributed by atoms with E-state index in [1.165, 1.54) is 0 Å². The van der Waals surface area contributed by atoms with Gasteiger partial charge in [-0.15, -0.1) is 0 Å². The van der Waals surface area contributed by atoms with Gasteiger partial charge in [0.2, 0.25) is 0 Å². The number of carbonyl (C=O) groups is 2. The number of hydroxylamine groups is 1. The van der Waals surface area contributed by atoms with E-state index in [0.717, 1.165) is 31.2 Å². The van der Waals surface area contributed by atoms with Crippen molar-refractivity contribution in [2.75, 3.05) is 13.2 Å². The number of hydrogen-bond acceptors (Lipinski definition) is 5. The third-order valence-corrected chi connectivity index (χ3v) is 3.95. The Morgan fingerprint density at radius 1 is 1.07 bits per heavy atom. The molecule has 7 heteroatoms. The second-order valence-electron chi connectivity index (χ2n) is 7.74. The van der Waals surface area contributed by atoms with Gasteiger partial charge in [0.15, 0.2) is 0 Å². The Hall–Kier alpha value is -2.12. The fourth-order valence-electron chi connectivity index (χ4n) is 2.54. The first kappa shape index (κ1) is 23.9. The molecule has 158 valence electrons. The van der Waals surface area contributed by atoms with E-state index >= 15 is 0 Å². The number of nitrogens with two attached hydrogens (primary N) is 1. The van der Waals surface area contributed by atoms with E-state index in [9.17, 15) is 9.59 Å². The highest BCUT2D eigenvalue weighted by atomic mass is 16.7. The highest BCUT2D eigenvalue weighted by Gasteiger charge is 2.24. The van der Waals surface area contributed by atoms with Crippen LogP contribution >= 0.6 is 0 Å². The van der Waals surface area contributed by atoms with Gasteiger partial charge in [-0.2, -0.15) is 0 Å².